The fraction of sp³-hybridized carbons (Fsp3) is 0.333. The molecule has 5 heteroatoms. The van der Waals surface area contributed by atoms with Gasteiger partial charge in [0.05, 0.1) is 11.7 Å². The van der Waals surface area contributed by atoms with Crippen molar-refractivity contribution in [3.8, 4) is 0 Å². The second-order valence-electron chi connectivity index (χ2n) is 4.47. The molecule has 3 rings (SSSR count). The van der Waals surface area contributed by atoms with Crippen molar-refractivity contribution in [1.29, 1.82) is 0 Å². The minimum Gasteiger partial charge on any atom is -0.465 e. The molecule has 1 saturated heterocycles. The van der Waals surface area contributed by atoms with E-state index in [9.17, 15) is 4.79 Å². The fourth-order valence-corrected chi connectivity index (χ4v) is 2.26. The molecular formula is C12H13N3O2. The van der Waals surface area contributed by atoms with Gasteiger partial charge in [0.2, 0.25) is 0 Å². The maximum Gasteiger partial charge on any atom is 0.407 e. The summed E-state index contributed by atoms with van der Waals surface area (Å²) in [7, 11) is 1.91. The lowest BCUT2D eigenvalue weighted by atomic mass is 9.91. The first-order chi connectivity index (χ1) is 8.15. The zero-order chi connectivity index (χ0) is 12.0. The first-order valence-electron chi connectivity index (χ1n) is 5.54. The zero-order valence-corrected chi connectivity index (χ0v) is 9.50. The molecule has 0 bridgehead atoms. The van der Waals surface area contributed by atoms with Crippen molar-refractivity contribution in [3.05, 3.63) is 30.0 Å². The lowest BCUT2D eigenvalue weighted by Gasteiger charge is -2.37. The first kappa shape index (κ1) is 10.1. The number of fused-ring (bicyclic) bond motifs is 1. The summed E-state index contributed by atoms with van der Waals surface area (Å²) in [5.74, 6) is 0.324. The minimum atomic E-state index is -0.831. The van der Waals surface area contributed by atoms with Crippen LogP contribution in [0.5, 0.6) is 0 Å². The molecule has 0 radical (unpaired) electrons. The van der Waals surface area contributed by atoms with Crippen LogP contribution in [0.3, 0.4) is 0 Å². The number of aryl methyl sites for hydroxylation is 1. The number of nitrogens with zero attached hydrogens (tertiary/aromatic N) is 3. The molecule has 88 valence electrons. The highest BCUT2D eigenvalue weighted by molar-refractivity contribution is 5.79. The smallest absolute Gasteiger partial charge is 0.407 e. The number of carbonyl (C=O) groups is 1. The maximum atomic E-state index is 10.7. The fourth-order valence-electron chi connectivity index (χ4n) is 2.26. The van der Waals surface area contributed by atoms with Crippen LogP contribution in [0.2, 0.25) is 0 Å². The third-order valence-corrected chi connectivity index (χ3v) is 3.40. The Morgan fingerprint density at radius 3 is 2.94 bits per heavy atom. The lowest BCUT2D eigenvalue weighted by Crippen LogP contribution is -2.47. The van der Waals surface area contributed by atoms with Gasteiger partial charge in [-0.25, -0.2) is 4.79 Å². The molecule has 17 heavy (non-hydrogen) atoms. The number of rotatable bonds is 1. The highest BCUT2D eigenvalue weighted by atomic mass is 16.4. The summed E-state index contributed by atoms with van der Waals surface area (Å²) in [4.78, 5) is 12.1. The quantitative estimate of drug-likeness (QED) is 0.811. The van der Waals surface area contributed by atoms with E-state index in [4.69, 9.17) is 5.11 Å². The number of amides is 1. The van der Waals surface area contributed by atoms with Crippen molar-refractivity contribution in [3.63, 3.8) is 0 Å². The molecule has 1 aliphatic heterocycles. The second-order valence-corrected chi connectivity index (χ2v) is 4.47. The van der Waals surface area contributed by atoms with Gasteiger partial charge in [-0.15, -0.1) is 0 Å². The molecule has 2 heterocycles. The van der Waals surface area contributed by atoms with E-state index in [0.717, 1.165) is 10.9 Å². The van der Waals surface area contributed by atoms with Gasteiger partial charge in [0, 0.05) is 31.4 Å². The second kappa shape index (κ2) is 3.48. The Kier molecular flexibility index (Phi) is 2.07. The molecule has 1 fully saturated rings. The predicted molar refractivity (Wildman–Crippen MR) is 63.1 cm³/mol. The summed E-state index contributed by atoms with van der Waals surface area (Å²) in [6, 6.07) is 6.21. The van der Waals surface area contributed by atoms with Crippen molar-refractivity contribution in [2.75, 3.05) is 13.1 Å². The van der Waals surface area contributed by atoms with Crippen LogP contribution in [-0.2, 0) is 7.05 Å². The summed E-state index contributed by atoms with van der Waals surface area (Å²) in [5.41, 5.74) is 2.29. The summed E-state index contributed by atoms with van der Waals surface area (Å²) in [6.07, 6.45) is 1.01. The largest absolute Gasteiger partial charge is 0.465 e. The monoisotopic (exact) mass is 231 g/mol. The minimum absolute atomic E-state index is 0.324. The Bertz CT molecular complexity index is 584. The Labute approximate surface area is 98.3 Å². The maximum absolute atomic E-state index is 10.7. The molecule has 1 aromatic carbocycles. The molecule has 5 nitrogen and oxygen atoms in total. The number of benzene rings is 1. The van der Waals surface area contributed by atoms with E-state index in [1.807, 2.05) is 24.0 Å². The molecule has 1 aliphatic rings. The van der Waals surface area contributed by atoms with Crippen LogP contribution in [0, 0.1) is 0 Å². The van der Waals surface area contributed by atoms with Gasteiger partial charge in [0.25, 0.3) is 0 Å². The summed E-state index contributed by atoms with van der Waals surface area (Å²) in [5, 5.41) is 14.1. The van der Waals surface area contributed by atoms with Gasteiger partial charge in [-0.3, -0.25) is 4.68 Å². The van der Waals surface area contributed by atoms with E-state index in [1.165, 1.54) is 10.5 Å². The Morgan fingerprint density at radius 2 is 2.24 bits per heavy atom. The van der Waals surface area contributed by atoms with Gasteiger partial charge in [0.15, 0.2) is 0 Å². The number of carboxylic acid groups (broad SMARTS) is 1. The predicted octanol–water partition coefficient (Wildman–Crippen LogP) is 1.65. The average molecular weight is 231 g/mol. The SMILES string of the molecule is Cn1ncc2ccc(C3CN(C(=O)O)C3)cc21. The topological polar surface area (TPSA) is 58.4 Å². The van der Waals surface area contributed by atoms with E-state index in [1.54, 1.807) is 0 Å². The van der Waals surface area contributed by atoms with E-state index in [-0.39, 0.29) is 0 Å². The highest BCUT2D eigenvalue weighted by Crippen LogP contribution is 2.29. The molecule has 0 unspecified atom stereocenters. The number of hydrogen-bond donors (Lipinski definition) is 1. The van der Waals surface area contributed by atoms with Crippen LogP contribution < -0.4 is 0 Å². The Balaban J connectivity index is 1.87. The highest BCUT2D eigenvalue weighted by Gasteiger charge is 2.31. The summed E-state index contributed by atoms with van der Waals surface area (Å²) >= 11 is 0. The molecule has 0 saturated carbocycles. The van der Waals surface area contributed by atoms with Gasteiger partial charge in [-0.1, -0.05) is 12.1 Å². The Morgan fingerprint density at radius 1 is 1.47 bits per heavy atom. The van der Waals surface area contributed by atoms with Crippen molar-refractivity contribution >= 4 is 17.0 Å². The number of likely N-dealkylation sites (tertiary alicyclic amines) is 1. The van der Waals surface area contributed by atoms with Crippen molar-refractivity contribution in [2.24, 2.45) is 7.05 Å². The molecule has 0 atom stereocenters. The number of hydrogen-bond acceptors (Lipinski definition) is 2. The lowest BCUT2D eigenvalue weighted by molar-refractivity contribution is 0.105. The molecule has 1 aromatic heterocycles. The molecule has 2 aromatic rings. The molecule has 1 amide bonds. The van der Waals surface area contributed by atoms with Crippen LogP contribution in [-0.4, -0.2) is 39.0 Å². The molecule has 0 spiro atoms. The Hall–Kier alpha value is -2.04. The van der Waals surface area contributed by atoms with Crippen LogP contribution in [0.4, 0.5) is 4.79 Å². The number of aromatic nitrogens is 2. The molecule has 1 N–H and O–H groups in total. The third-order valence-electron chi connectivity index (χ3n) is 3.40. The van der Waals surface area contributed by atoms with Crippen molar-refractivity contribution < 1.29 is 9.90 Å². The van der Waals surface area contributed by atoms with Crippen molar-refractivity contribution in [2.45, 2.75) is 5.92 Å². The van der Waals surface area contributed by atoms with Gasteiger partial charge < -0.3 is 10.0 Å². The van der Waals surface area contributed by atoms with E-state index in [2.05, 4.69) is 17.2 Å². The van der Waals surface area contributed by atoms with Crippen LogP contribution in [0.25, 0.3) is 10.9 Å². The molecule has 0 aliphatic carbocycles. The first-order valence-corrected chi connectivity index (χ1v) is 5.54. The third kappa shape index (κ3) is 1.54. The van der Waals surface area contributed by atoms with Gasteiger partial charge in [0.1, 0.15) is 0 Å². The standard InChI is InChI=1S/C12H13N3O2/c1-14-11-4-8(2-3-9(11)5-13-14)10-6-15(7-10)12(16)17/h2-5,10H,6-7H2,1H3,(H,16,17). The summed E-state index contributed by atoms with van der Waals surface area (Å²) < 4.78 is 1.84. The molecular weight excluding hydrogens is 218 g/mol. The van der Waals surface area contributed by atoms with Gasteiger partial charge in [-0.2, -0.15) is 5.10 Å². The van der Waals surface area contributed by atoms with Gasteiger partial charge in [-0.05, 0) is 11.6 Å². The average Bonchev–Trinajstić information content (AvgIpc) is 2.58. The van der Waals surface area contributed by atoms with E-state index >= 15 is 0 Å². The van der Waals surface area contributed by atoms with Gasteiger partial charge >= 0.3 is 6.09 Å². The van der Waals surface area contributed by atoms with Crippen LogP contribution in [0.15, 0.2) is 24.4 Å². The van der Waals surface area contributed by atoms with Crippen LogP contribution in [0.1, 0.15) is 11.5 Å². The van der Waals surface area contributed by atoms with Crippen LogP contribution >= 0.6 is 0 Å². The van der Waals surface area contributed by atoms with E-state index < -0.39 is 6.09 Å². The van der Waals surface area contributed by atoms with Crippen molar-refractivity contribution in [1.82, 2.24) is 14.7 Å². The van der Waals surface area contributed by atoms with E-state index in [0.29, 0.717) is 19.0 Å². The zero-order valence-electron chi connectivity index (χ0n) is 9.50. The normalized spacial score (nSPS) is 16.2. The summed E-state index contributed by atoms with van der Waals surface area (Å²) in [6.45, 7) is 1.19.